The molecule has 3 N–H and O–H groups in total. The predicted molar refractivity (Wildman–Crippen MR) is 98.1 cm³/mol. The maximum atomic E-state index is 11.9. The van der Waals surface area contributed by atoms with E-state index in [0.29, 0.717) is 18.2 Å². The van der Waals surface area contributed by atoms with Gasteiger partial charge in [0, 0.05) is 17.1 Å². The SMILES string of the molecule is Cl.NCC(NC(=O)COc1ccc2cc(Br)ccc2c1)C1CC1. The Morgan fingerprint density at radius 1 is 1.26 bits per heavy atom. The van der Waals surface area contributed by atoms with E-state index in [4.69, 9.17) is 10.5 Å². The second-order valence-electron chi connectivity index (χ2n) is 5.69. The number of halogens is 2. The van der Waals surface area contributed by atoms with Gasteiger partial charge < -0.3 is 15.8 Å². The molecule has 0 saturated heterocycles. The van der Waals surface area contributed by atoms with Crippen molar-refractivity contribution in [2.45, 2.75) is 18.9 Å². The van der Waals surface area contributed by atoms with E-state index < -0.39 is 0 Å². The molecule has 1 amide bonds. The topological polar surface area (TPSA) is 64.3 Å². The van der Waals surface area contributed by atoms with Crippen LogP contribution in [-0.4, -0.2) is 25.1 Å². The Labute approximate surface area is 150 Å². The van der Waals surface area contributed by atoms with E-state index in [2.05, 4.69) is 21.2 Å². The normalized spacial score (nSPS) is 14.9. The van der Waals surface area contributed by atoms with Gasteiger partial charge in [-0.3, -0.25) is 4.79 Å². The molecule has 1 unspecified atom stereocenters. The Kier molecular flexibility index (Phi) is 6.27. The minimum Gasteiger partial charge on any atom is -0.484 e. The molecule has 1 fully saturated rings. The van der Waals surface area contributed by atoms with E-state index in [1.165, 1.54) is 0 Å². The molecule has 4 nitrogen and oxygen atoms in total. The number of nitrogens with two attached hydrogens (primary N) is 1. The van der Waals surface area contributed by atoms with Crippen LogP contribution in [-0.2, 0) is 4.79 Å². The zero-order valence-corrected chi connectivity index (χ0v) is 15.0. The van der Waals surface area contributed by atoms with Gasteiger partial charge >= 0.3 is 0 Å². The quantitative estimate of drug-likeness (QED) is 0.783. The zero-order chi connectivity index (χ0) is 15.5. The lowest BCUT2D eigenvalue weighted by atomic mass is 10.1. The number of benzene rings is 2. The number of carbonyl (C=O) groups is 1. The van der Waals surface area contributed by atoms with Gasteiger partial charge in [-0.1, -0.05) is 28.1 Å². The third-order valence-electron chi connectivity index (χ3n) is 3.94. The number of ether oxygens (including phenoxy) is 1. The Bertz CT molecular complexity index is 691. The maximum absolute atomic E-state index is 11.9. The van der Waals surface area contributed by atoms with E-state index in [0.717, 1.165) is 28.1 Å². The number of hydrogen-bond donors (Lipinski definition) is 2. The maximum Gasteiger partial charge on any atom is 0.258 e. The Hall–Kier alpha value is -1.30. The molecular weight excluding hydrogens is 380 g/mol. The number of carbonyl (C=O) groups excluding carboxylic acids is 1. The molecule has 2 aromatic carbocycles. The van der Waals surface area contributed by atoms with Gasteiger partial charge in [0.1, 0.15) is 5.75 Å². The van der Waals surface area contributed by atoms with Crippen molar-refractivity contribution >= 4 is 45.0 Å². The van der Waals surface area contributed by atoms with Crippen molar-refractivity contribution in [1.29, 1.82) is 0 Å². The first-order chi connectivity index (χ1) is 10.7. The monoisotopic (exact) mass is 398 g/mol. The van der Waals surface area contributed by atoms with Crippen molar-refractivity contribution in [3.8, 4) is 5.75 Å². The molecule has 0 aromatic heterocycles. The minimum absolute atomic E-state index is 0. The molecule has 1 aliphatic carbocycles. The highest BCUT2D eigenvalue weighted by Crippen LogP contribution is 2.32. The van der Waals surface area contributed by atoms with Gasteiger partial charge in [0.15, 0.2) is 6.61 Å². The van der Waals surface area contributed by atoms with Crippen LogP contribution in [0.2, 0.25) is 0 Å². The third kappa shape index (κ3) is 4.83. The number of nitrogens with one attached hydrogen (secondary N) is 1. The van der Waals surface area contributed by atoms with Gasteiger partial charge in [-0.15, -0.1) is 12.4 Å². The summed E-state index contributed by atoms with van der Waals surface area (Å²) in [5.41, 5.74) is 5.68. The average molecular weight is 400 g/mol. The molecule has 1 atom stereocenters. The second-order valence-corrected chi connectivity index (χ2v) is 6.60. The van der Waals surface area contributed by atoms with Crippen molar-refractivity contribution in [3.05, 3.63) is 40.9 Å². The summed E-state index contributed by atoms with van der Waals surface area (Å²) < 4.78 is 6.63. The molecule has 0 radical (unpaired) electrons. The minimum atomic E-state index is -0.113. The Morgan fingerprint density at radius 2 is 1.96 bits per heavy atom. The van der Waals surface area contributed by atoms with E-state index in [9.17, 15) is 4.79 Å². The summed E-state index contributed by atoms with van der Waals surface area (Å²) >= 11 is 3.45. The number of fused-ring (bicyclic) bond motifs is 1. The predicted octanol–water partition coefficient (Wildman–Crippen LogP) is 3.26. The van der Waals surface area contributed by atoms with Gasteiger partial charge in [0.05, 0.1) is 0 Å². The smallest absolute Gasteiger partial charge is 0.258 e. The van der Waals surface area contributed by atoms with Crippen molar-refractivity contribution in [2.75, 3.05) is 13.2 Å². The van der Waals surface area contributed by atoms with Crippen LogP contribution in [0.3, 0.4) is 0 Å². The lowest BCUT2D eigenvalue weighted by Crippen LogP contribution is -2.43. The average Bonchev–Trinajstić information content (AvgIpc) is 3.35. The Balaban J connectivity index is 0.00000192. The van der Waals surface area contributed by atoms with Crippen LogP contribution in [0, 0.1) is 5.92 Å². The van der Waals surface area contributed by atoms with Crippen LogP contribution in [0.15, 0.2) is 40.9 Å². The van der Waals surface area contributed by atoms with Crippen molar-refractivity contribution in [2.24, 2.45) is 11.7 Å². The van der Waals surface area contributed by atoms with Crippen molar-refractivity contribution in [3.63, 3.8) is 0 Å². The summed E-state index contributed by atoms with van der Waals surface area (Å²) in [4.78, 5) is 11.9. The fourth-order valence-corrected chi connectivity index (χ4v) is 2.93. The van der Waals surface area contributed by atoms with Gasteiger partial charge in [-0.25, -0.2) is 0 Å². The number of hydrogen-bond acceptors (Lipinski definition) is 3. The molecule has 3 rings (SSSR count). The molecule has 0 aliphatic heterocycles. The van der Waals surface area contributed by atoms with Gasteiger partial charge in [-0.2, -0.15) is 0 Å². The van der Waals surface area contributed by atoms with Crippen LogP contribution >= 0.6 is 28.3 Å². The van der Waals surface area contributed by atoms with Crippen LogP contribution in [0.25, 0.3) is 10.8 Å². The summed E-state index contributed by atoms with van der Waals surface area (Å²) in [6.07, 6.45) is 2.31. The molecule has 1 aliphatic rings. The molecular formula is C17H20BrClN2O2. The van der Waals surface area contributed by atoms with Crippen LogP contribution in [0.5, 0.6) is 5.75 Å². The first-order valence-corrected chi connectivity index (χ1v) is 8.26. The second kappa shape index (κ2) is 7.99. The first kappa shape index (κ1) is 18.0. The first-order valence-electron chi connectivity index (χ1n) is 7.47. The molecule has 0 heterocycles. The van der Waals surface area contributed by atoms with Crippen LogP contribution < -0.4 is 15.8 Å². The summed E-state index contributed by atoms with van der Waals surface area (Å²) in [5, 5.41) is 5.16. The molecule has 23 heavy (non-hydrogen) atoms. The summed E-state index contributed by atoms with van der Waals surface area (Å²) in [5.74, 6) is 1.13. The molecule has 1 saturated carbocycles. The highest BCUT2D eigenvalue weighted by Gasteiger charge is 2.31. The van der Waals surface area contributed by atoms with E-state index >= 15 is 0 Å². The van der Waals surface area contributed by atoms with Gasteiger partial charge in [0.2, 0.25) is 0 Å². The zero-order valence-electron chi connectivity index (χ0n) is 12.6. The molecule has 0 spiro atoms. The number of amides is 1. The van der Waals surface area contributed by atoms with Gasteiger partial charge in [0.25, 0.3) is 5.91 Å². The fraction of sp³-hybridized carbons (Fsp3) is 0.353. The van der Waals surface area contributed by atoms with Crippen molar-refractivity contribution < 1.29 is 9.53 Å². The highest BCUT2D eigenvalue weighted by atomic mass is 79.9. The summed E-state index contributed by atoms with van der Waals surface area (Å²) in [6.45, 7) is 0.506. The van der Waals surface area contributed by atoms with E-state index in [1.54, 1.807) is 0 Å². The molecule has 0 bridgehead atoms. The lowest BCUT2D eigenvalue weighted by Gasteiger charge is -2.16. The van der Waals surface area contributed by atoms with E-state index in [1.807, 2.05) is 36.4 Å². The summed E-state index contributed by atoms with van der Waals surface area (Å²) in [6, 6.07) is 11.9. The van der Waals surface area contributed by atoms with Crippen LogP contribution in [0.1, 0.15) is 12.8 Å². The standard InChI is InChI=1S/C17H19BrN2O2.ClH/c18-14-5-3-13-8-15(6-4-12(13)7-14)22-10-17(21)20-16(9-19)11-1-2-11;/h3-8,11,16H,1-2,9-10,19H2,(H,20,21);1H. The third-order valence-corrected chi connectivity index (χ3v) is 4.43. The fourth-order valence-electron chi connectivity index (χ4n) is 2.55. The largest absolute Gasteiger partial charge is 0.484 e. The Morgan fingerprint density at radius 3 is 2.65 bits per heavy atom. The van der Waals surface area contributed by atoms with Gasteiger partial charge in [-0.05, 0) is 53.8 Å². The molecule has 6 heteroatoms. The molecule has 124 valence electrons. The lowest BCUT2D eigenvalue weighted by molar-refractivity contribution is -0.123. The van der Waals surface area contributed by atoms with Crippen LogP contribution in [0.4, 0.5) is 0 Å². The van der Waals surface area contributed by atoms with Crippen molar-refractivity contribution in [1.82, 2.24) is 5.32 Å². The number of rotatable bonds is 6. The molecule has 2 aromatic rings. The van der Waals surface area contributed by atoms with E-state index in [-0.39, 0.29) is 31.0 Å². The summed E-state index contributed by atoms with van der Waals surface area (Å²) in [7, 11) is 0. The highest BCUT2D eigenvalue weighted by molar-refractivity contribution is 9.10.